The molecule has 1 N–H and O–H groups in total. The summed E-state index contributed by atoms with van der Waals surface area (Å²) in [6.45, 7) is 5.62. The number of rotatable bonds is 13. The Labute approximate surface area is 130 Å². The second kappa shape index (κ2) is 12.0. The summed E-state index contributed by atoms with van der Waals surface area (Å²) in [5, 5.41) is 9.58. The molecule has 0 atom stereocenters. The van der Waals surface area contributed by atoms with Crippen LogP contribution in [0.2, 0.25) is 0 Å². The van der Waals surface area contributed by atoms with Crippen LogP contribution in [0.3, 0.4) is 0 Å². The standard InChI is InChI=1S/C16H24O6/c1-2-5-19-6-7-20-8-9-21-10-11-22-16-12-14(13-17)3-4-15(16)18/h3-4,12-13,18H,2,5-11H2,1H3. The molecular weight excluding hydrogens is 288 g/mol. The number of phenolic OH excluding ortho intramolecular Hbond substituents is 1. The van der Waals surface area contributed by atoms with Crippen LogP contribution in [0, 0.1) is 0 Å². The molecule has 0 amide bonds. The fourth-order valence-electron chi connectivity index (χ4n) is 1.62. The number of benzene rings is 1. The predicted octanol–water partition coefficient (Wildman–Crippen LogP) is 2.04. The molecule has 0 saturated carbocycles. The molecule has 0 unspecified atom stereocenters. The number of hydrogen-bond acceptors (Lipinski definition) is 6. The second-order valence-corrected chi connectivity index (χ2v) is 4.53. The Morgan fingerprint density at radius 1 is 0.955 bits per heavy atom. The first-order chi connectivity index (χ1) is 10.8. The Bertz CT molecular complexity index is 421. The summed E-state index contributed by atoms with van der Waals surface area (Å²) < 4.78 is 21.3. The first-order valence-corrected chi connectivity index (χ1v) is 7.42. The molecule has 124 valence electrons. The van der Waals surface area contributed by atoms with E-state index in [1.807, 2.05) is 0 Å². The van der Waals surface area contributed by atoms with E-state index in [0.717, 1.165) is 13.0 Å². The third-order valence-corrected chi connectivity index (χ3v) is 2.70. The number of carbonyl (C=O) groups is 1. The smallest absolute Gasteiger partial charge is 0.161 e. The summed E-state index contributed by atoms with van der Waals surface area (Å²) in [7, 11) is 0. The van der Waals surface area contributed by atoms with E-state index in [4.69, 9.17) is 18.9 Å². The predicted molar refractivity (Wildman–Crippen MR) is 81.7 cm³/mol. The van der Waals surface area contributed by atoms with E-state index in [1.54, 1.807) is 0 Å². The van der Waals surface area contributed by atoms with Crippen LogP contribution < -0.4 is 4.74 Å². The second-order valence-electron chi connectivity index (χ2n) is 4.53. The summed E-state index contributed by atoms with van der Waals surface area (Å²) in [6.07, 6.45) is 1.71. The van der Waals surface area contributed by atoms with Crippen LogP contribution >= 0.6 is 0 Å². The molecular formula is C16H24O6. The molecule has 1 aromatic carbocycles. The molecule has 22 heavy (non-hydrogen) atoms. The molecule has 0 heterocycles. The van der Waals surface area contributed by atoms with E-state index in [9.17, 15) is 9.90 Å². The molecule has 0 aliphatic carbocycles. The van der Waals surface area contributed by atoms with Crippen LogP contribution in [-0.2, 0) is 14.2 Å². The van der Waals surface area contributed by atoms with Crippen molar-refractivity contribution in [3.8, 4) is 11.5 Å². The molecule has 0 aliphatic rings. The molecule has 6 heteroatoms. The maximum Gasteiger partial charge on any atom is 0.161 e. The molecule has 1 rings (SSSR count). The van der Waals surface area contributed by atoms with E-state index >= 15 is 0 Å². The zero-order valence-corrected chi connectivity index (χ0v) is 13.0. The van der Waals surface area contributed by atoms with Gasteiger partial charge in [0.1, 0.15) is 12.9 Å². The summed E-state index contributed by atoms with van der Waals surface area (Å²) in [5.74, 6) is 0.276. The van der Waals surface area contributed by atoms with E-state index in [2.05, 4.69) is 6.92 Å². The van der Waals surface area contributed by atoms with Gasteiger partial charge in [0.25, 0.3) is 0 Å². The molecule has 1 aromatic rings. The van der Waals surface area contributed by atoms with Crippen LogP contribution in [0.15, 0.2) is 18.2 Å². The fourth-order valence-corrected chi connectivity index (χ4v) is 1.62. The van der Waals surface area contributed by atoms with E-state index in [-0.39, 0.29) is 18.1 Å². The molecule has 0 radical (unpaired) electrons. The van der Waals surface area contributed by atoms with Crippen LogP contribution in [0.25, 0.3) is 0 Å². The van der Waals surface area contributed by atoms with Gasteiger partial charge in [-0.15, -0.1) is 0 Å². The summed E-state index contributed by atoms with van der Waals surface area (Å²) in [6, 6.07) is 4.43. The average molecular weight is 312 g/mol. The average Bonchev–Trinajstić information content (AvgIpc) is 2.54. The first-order valence-electron chi connectivity index (χ1n) is 7.42. The zero-order chi connectivity index (χ0) is 16.0. The Kier molecular flexibility index (Phi) is 10.0. The van der Waals surface area contributed by atoms with Crippen molar-refractivity contribution in [2.45, 2.75) is 13.3 Å². The SMILES string of the molecule is CCCOCCOCCOCCOc1cc(C=O)ccc1O. The van der Waals surface area contributed by atoms with Gasteiger partial charge in [-0.2, -0.15) is 0 Å². The molecule has 0 saturated heterocycles. The molecule has 6 nitrogen and oxygen atoms in total. The number of aldehydes is 1. The van der Waals surface area contributed by atoms with E-state index < -0.39 is 0 Å². The van der Waals surface area contributed by atoms with Crippen LogP contribution in [0.1, 0.15) is 23.7 Å². The van der Waals surface area contributed by atoms with Gasteiger partial charge in [0.05, 0.1) is 33.0 Å². The highest BCUT2D eigenvalue weighted by molar-refractivity contribution is 5.76. The number of ether oxygens (including phenoxy) is 4. The quantitative estimate of drug-likeness (QED) is 0.444. The molecule has 0 bridgehead atoms. The Morgan fingerprint density at radius 3 is 2.14 bits per heavy atom. The van der Waals surface area contributed by atoms with Gasteiger partial charge in [0.15, 0.2) is 11.5 Å². The minimum Gasteiger partial charge on any atom is -0.504 e. The van der Waals surface area contributed by atoms with Crippen molar-refractivity contribution in [3.05, 3.63) is 23.8 Å². The first kappa shape index (κ1) is 18.4. The minimum atomic E-state index is 0.000938. The van der Waals surface area contributed by atoms with Gasteiger partial charge in [-0.3, -0.25) is 4.79 Å². The Balaban J connectivity index is 2.00. The van der Waals surface area contributed by atoms with Crippen LogP contribution in [0.5, 0.6) is 11.5 Å². The van der Waals surface area contributed by atoms with Gasteiger partial charge in [0.2, 0.25) is 0 Å². The van der Waals surface area contributed by atoms with Gasteiger partial charge in [-0.1, -0.05) is 6.92 Å². The number of phenols is 1. The third-order valence-electron chi connectivity index (χ3n) is 2.70. The topological polar surface area (TPSA) is 74.2 Å². The lowest BCUT2D eigenvalue weighted by Crippen LogP contribution is -2.13. The maximum atomic E-state index is 10.6. The van der Waals surface area contributed by atoms with Crippen molar-refractivity contribution in [1.82, 2.24) is 0 Å². The zero-order valence-electron chi connectivity index (χ0n) is 13.0. The van der Waals surface area contributed by atoms with Crippen molar-refractivity contribution in [2.24, 2.45) is 0 Å². The normalized spacial score (nSPS) is 10.6. The van der Waals surface area contributed by atoms with Gasteiger partial charge in [-0.05, 0) is 24.6 Å². The third kappa shape index (κ3) is 7.97. The number of hydrogen-bond donors (Lipinski definition) is 1. The molecule has 0 fully saturated rings. The van der Waals surface area contributed by atoms with Gasteiger partial charge >= 0.3 is 0 Å². The Hall–Kier alpha value is -1.63. The van der Waals surface area contributed by atoms with Crippen molar-refractivity contribution in [3.63, 3.8) is 0 Å². The van der Waals surface area contributed by atoms with Crippen LogP contribution in [-0.4, -0.2) is 57.6 Å². The van der Waals surface area contributed by atoms with Gasteiger partial charge in [0, 0.05) is 12.2 Å². The summed E-state index contributed by atoms with van der Waals surface area (Å²) in [5.41, 5.74) is 0.451. The van der Waals surface area contributed by atoms with Crippen molar-refractivity contribution < 1.29 is 28.8 Å². The molecule has 0 aromatic heterocycles. The summed E-state index contributed by atoms with van der Waals surface area (Å²) >= 11 is 0. The van der Waals surface area contributed by atoms with Gasteiger partial charge < -0.3 is 24.1 Å². The highest BCUT2D eigenvalue weighted by Gasteiger charge is 2.03. The fraction of sp³-hybridized carbons (Fsp3) is 0.562. The van der Waals surface area contributed by atoms with Crippen molar-refractivity contribution in [2.75, 3.05) is 46.2 Å². The number of carbonyl (C=O) groups excluding carboxylic acids is 1. The van der Waals surface area contributed by atoms with Crippen molar-refractivity contribution >= 4 is 6.29 Å². The monoisotopic (exact) mass is 312 g/mol. The molecule has 0 aliphatic heterocycles. The number of aromatic hydroxyl groups is 1. The lowest BCUT2D eigenvalue weighted by Gasteiger charge is -2.09. The van der Waals surface area contributed by atoms with E-state index in [0.29, 0.717) is 44.9 Å². The lowest BCUT2D eigenvalue weighted by atomic mass is 10.2. The highest BCUT2D eigenvalue weighted by Crippen LogP contribution is 2.26. The summed E-state index contributed by atoms with van der Waals surface area (Å²) in [4.78, 5) is 10.6. The van der Waals surface area contributed by atoms with Gasteiger partial charge in [-0.25, -0.2) is 0 Å². The van der Waals surface area contributed by atoms with Crippen LogP contribution in [0.4, 0.5) is 0 Å². The maximum absolute atomic E-state index is 10.6. The highest BCUT2D eigenvalue weighted by atomic mass is 16.6. The van der Waals surface area contributed by atoms with E-state index in [1.165, 1.54) is 18.2 Å². The Morgan fingerprint density at radius 2 is 1.55 bits per heavy atom. The lowest BCUT2D eigenvalue weighted by molar-refractivity contribution is 0.00933. The van der Waals surface area contributed by atoms with Crippen molar-refractivity contribution in [1.29, 1.82) is 0 Å². The largest absolute Gasteiger partial charge is 0.504 e. The minimum absolute atomic E-state index is 0.000938. The molecule has 0 spiro atoms.